The summed E-state index contributed by atoms with van der Waals surface area (Å²) in [6.07, 6.45) is 1.82. The number of rotatable bonds is 8. The minimum Gasteiger partial charge on any atom is -0.356 e. The topological polar surface area (TPSA) is 97.1 Å². The number of nitrogens with two attached hydrogens (primary N) is 1. The summed E-state index contributed by atoms with van der Waals surface area (Å²) in [6, 6.07) is 7.99. The molecular formula is C19H27ClN4O2S. The maximum absolute atomic E-state index is 12.1. The monoisotopic (exact) mass is 410 g/mol. The largest absolute Gasteiger partial charge is 0.356 e. The molecule has 0 aliphatic rings. The first-order valence-corrected chi connectivity index (χ1v) is 9.60. The Kier molecular flexibility index (Phi) is 9.41. The molecule has 0 radical (unpaired) electrons. The summed E-state index contributed by atoms with van der Waals surface area (Å²) in [5.74, 6) is -0.378. The van der Waals surface area contributed by atoms with Crippen LogP contribution in [0.3, 0.4) is 0 Å². The van der Waals surface area contributed by atoms with E-state index in [0.717, 1.165) is 24.1 Å². The molecule has 2 unspecified atom stereocenters. The predicted octanol–water partition coefficient (Wildman–Crippen LogP) is 3.22. The summed E-state index contributed by atoms with van der Waals surface area (Å²) in [6.45, 7) is 5.83. The van der Waals surface area contributed by atoms with Crippen molar-refractivity contribution >= 4 is 40.7 Å². The highest BCUT2D eigenvalue weighted by atomic mass is 35.5. The van der Waals surface area contributed by atoms with Gasteiger partial charge >= 0.3 is 0 Å². The van der Waals surface area contributed by atoms with Gasteiger partial charge in [0.15, 0.2) is 5.13 Å². The Labute approximate surface area is 170 Å². The van der Waals surface area contributed by atoms with E-state index in [1.807, 2.05) is 24.4 Å². The molecule has 4 N–H and O–H groups in total. The van der Waals surface area contributed by atoms with Crippen LogP contribution in [0.2, 0.25) is 0 Å². The van der Waals surface area contributed by atoms with Crippen LogP contribution in [0.1, 0.15) is 32.8 Å². The van der Waals surface area contributed by atoms with Crippen LogP contribution < -0.4 is 16.4 Å². The number of carbonyl (C=O) groups is 2. The second-order valence-corrected chi connectivity index (χ2v) is 7.32. The molecule has 1 heterocycles. The third kappa shape index (κ3) is 7.28. The molecule has 0 fully saturated rings. The van der Waals surface area contributed by atoms with Crippen molar-refractivity contribution in [3.05, 3.63) is 35.2 Å². The molecule has 0 aliphatic carbocycles. The SMILES string of the molecule is CC(=O)NCCCc1ccc(-c2csc(NC(=O)C(C)C(C)N)n2)cc1.Cl. The summed E-state index contributed by atoms with van der Waals surface area (Å²) >= 11 is 1.40. The van der Waals surface area contributed by atoms with Gasteiger partial charge in [-0.3, -0.25) is 9.59 Å². The van der Waals surface area contributed by atoms with E-state index in [1.165, 1.54) is 23.8 Å². The van der Waals surface area contributed by atoms with Gasteiger partial charge in [-0.15, -0.1) is 23.7 Å². The average Bonchev–Trinajstić information content (AvgIpc) is 3.06. The maximum atomic E-state index is 12.1. The van der Waals surface area contributed by atoms with Gasteiger partial charge in [-0.2, -0.15) is 0 Å². The summed E-state index contributed by atoms with van der Waals surface area (Å²) in [4.78, 5) is 27.4. The van der Waals surface area contributed by atoms with Crippen LogP contribution >= 0.6 is 23.7 Å². The van der Waals surface area contributed by atoms with Crippen molar-refractivity contribution in [2.75, 3.05) is 11.9 Å². The molecule has 2 amide bonds. The first kappa shape index (κ1) is 23.1. The Balaban J connectivity index is 0.00000364. The van der Waals surface area contributed by atoms with Crippen molar-refractivity contribution in [3.8, 4) is 11.3 Å². The van der Waals surface area contributed by atoms with E-state index in [9.17, 15) is 9.59 Å². The van der Waals surface area contributed by atoms with Gasteiger partial charge in [0, 0.05) is 30.5 Å². The number of hydrogen-bond donors (Lipinski definition) is 3. The number of benzene rings is 1. The summed E-state index contributed by atoms with van der Waals surface area (Å²) in [7, 11) is 0. The Hall–Kier alpha value is -1.96. The highest BCUT2D eigenvalue weighted by Crippen LogP contribution is 2.25. The molecule has 148 valence electrons. The van der Waals surface area contributed by atoms with Gasteiger partial charge in [-0.1, -0.05) is 31.2 Å². The second-order valence-electron chi connectivity index (χ2n) is 6.46. The fraction of sp³-hybridized carbons (Fsp3) is 0.421. The minimum absolute atomic E-state index is 0. The number of aromatic nitrogens is 1. The number of hydrogen-bond acceptors (Lipinski definition) is 5. The van der Waals surface area contributed by atoms with E-state index in [2.05, 4.69) is 27.8 Å². The van der Waals surface area contributed by atoms with Gasteiger partial charge in [0.2, 0.25) is 11.8 Å². The molecule has 1 aromatic carbocycles. The average molecular weight is 411 g/mol. The molecule has 27 heavy (non-hydrogen) atoms. The zero-order valence-electron chi connectivity index (χ0n) is 15.8. The maximum Gasteiger partial charge on any atom is 0.230 e. The van der Waals surface area contributed by atoms with Crippen molar-refractivity contribution < 1.29 is 9.59 Å². The molecule has 6 nitrogen and oxygen atoms in total. The molecule has 0 saturated carbocycles. The van der Waals surface area contributed by atoms with Crippen LogP contribution in [0.15, 0.2) is 29.6 Å². The zero-order valence-corrected chi connectivity index (χ0v) is 17.5. The highest BCUT2D eigenvalue weighted by Gasteiger charge is 2.18. The van der Waals surface area contributed by atoms with E-state index < -0.39 is 0 Å². The van der Waals surface area contributed by atoms with Crippen molar-refractivity contribution in [3.63, 3.8) is 0 Å². The number of nitrogens with zero attached hydrogens (tertiary/aromatic N) is 1. The number of thiazole rings is 1. The third-order valence-electron chi connectivity index (χ3n) is 4.20. The number of aryl methyl sites for hydroxylation is 1. The van der Waals surface area contributed by atoms with E-state index >= 15 is 0 Å². The molecule has 0 bridgehead atoms. The summed E-state index contributed by atoms with van der Waals surface area (Å²) in [5, 5.41) is 8.13. The number of anilines is 1. The van der Waals surface area contributed by atoms with E-state index in [0.29, 0.717) is 11.7 Å². The quantitative estimate of drug-likeness (QED) is 0.582. The molecule has 1 aromatic heterocycles. The minimum atomic E-state index is -0.265. The zero-order chi connectivity index (χ0) is 19.1. The molecule has 0 saturated heterocycles. The predicted molar refractivity (Wildman–Crippen MR) is 113 cm³/mol. The molecule has 0 aliphatic heterocycles. The second kappa shape index (κ2) is 11.0. The normalized spacial score (nSPS) is 12.6. The van der Waals surface area contributed by atoms with Gasteiger partial charge in [0.1, 0.15) is 0 Å². The van der Waals surface area contributed by atoms with Crippen LogP contribution in [0.25, 0.3) is 11.3 Å². The fourth-order valence-corrected chi connectivity index (χ4v) is 3.04. The van der Waals surface area contributed by atoms with Gasteiger partial charge in [-0.05, 0) is 25.3 Å². The molecule has 2 atom stereocenters. The summed E-state index contributed by atoms with van der Waals surface area (Å²) in [5.41, 5.74) is 8.82. The van der Waals surface area contributed by atoms with E-state index in [4.69, 9.17) is 5.73 Å². The van der Waals surface area contributed by atoms with Gasteiger partial charge in [-0.25, -0.2) is 4.98 Å². The lowest BCUT2D eigenvalue weighted by atomic mass is 10.0. The van der Waals surface area contributed by atoms with Crippen molar-refractivity contribution in [1.82, 2.24) is 10.3 Å². The number of nitrogens with one attached hydrogen (secondary N) is 2. The smallest absolute Gasteiger partial charge is 0.230 e. The molecule has 2 aromatic rings. The van der Waals surface area contributed by atoms with Crippen LogP contribution in [-0.2, 0) is 16.0 Å². The molecular weight excluding hydrogens is 384 g/mol. The Morgan fingerprint density at radius 2 is 1.89 bits per heavy atom. The molecule has 2 rings (SSSR count). The first-order valence-electron chi connectivity index (χ1n) is 8.72. The fourth-order valence-electron chi connectivity index (χ4n) is 2.32. The lowest BCUT2D eigenvalue weighted by Crippen LogP contribution is -2.34. The van der Waals surface area contributed by atoms with Crippen LogP contribution in [0, 0.1) is 5.92 Å². The Morgan fingerprint density at radius 1 is 1.22 bits per heavy atom. The van der Waals surface area contributed by atoms with Crippen LogP contribution in [0.5, 0.6) is 0 Å². The van der Waals surface area contributed by atoms with E-state index in [1.54, 1.807) is 6.92 Å². The Morgan fingerprint density at radius 3 is 2.48 bits per heavy atom. The van der Waals surface area contributed by atoms with Crippen LogP contribution in [0.4, 0.5) is 5.13 Å². The number of halogens is 1. The molecule has 8 heteroatoms. The lowest BCUT2D eigenvalue weighted by molar-refractivity contribution is -0.120. The lowest BCUT2D eigenvalue weighted by Gasteiger charge is -2.13. The van der Waals surface area contributed by atoms with Crippen LogP contribution in [-0.4, -0.2) is 29.4 Å². The van der Waals surface area contributed by atoms with Crippen molar-refractivity contribution in [1.29, 1.82) is 0 Å². The van der Waals surface area contributed by atoms with Gasteiger partial charge < -0.3 is 16.4 Å². The summed E-state index contributed by atoms with van der Waals surface area (Å²) < 4.78 is 0. The first-order chi connectivity index (χ1) is 12.4. The third-order valence-corrected chi connectivity index (χ3v) is 4.96. The highest BCUT2D eigenvalue weighted by molar-refractivity contribution is 7.14. The standard InChI is InChI=1S/C19H26N4O2S.ClH/c1-12(13(2)20)18(25)23-19-22-17(11-26-19)16-8-6-15(7-9-16)5-4-10-21-14(3)24;/h6-9,11-13H,4-5,10,20H2,1-3H3,(H,21,24)(H,22,23,25);1H. The van der Waals surface area contributed by atoms with Crippen molar-refractivity contribution in [2.24, 2.45) is 11.7 Å². The van der Waals surface area contributed by atoms with Gasteiger partial charge in [0.05, 0.1) is 11.6 Å². The van der Waals surface area contributed by atoms with Crippen molar-refractivity contribution in [2.45, 2.75) is 39.7 Å². The Bertz CT molecular complexity index is 746. The van der Waals surface area contributed by atoms with E-state index in [-0.39, 0.29) is 36.2 Å². The number of amides is 2. The molecule has 0 spiro atoms. The van der Waals surface area contributed by atoms with Gasteiger partial charge in [0.25, 0.3) is 0 Å². The number of carbonyl (C=O) groups excluding carboxylic acids is 2.